The average molecular weight is 502 g/mol. The van der Waals surface area contributed by atoms with Crippen molar-refractivity contribution in [1.82, 2.24) is 20.9 Å². The highest BCUT2D eigenvalue weighted by Gasteiger charge is 2.70. The second-order valence-corrected chi connectivity index (χ2v) is 13.9. The number of urea groups is 1. The molecule has 4 aliphatic rings. The first kappa shape index (κ1) is 26.5. The third-order valence-electron chi connectivity index (χ3n) is 8.66. The number of amides is 4. The van der Waals surface area contributed by atoms with Crippen molar-refractivity contribution in [3.63, 3.8) is 0 Å². The predicted octanol–water partition coefficient (Wildman–Crippen LogP) is 2.06. The Kier molecular flexibility index (Phi) is 6.24. The lowest BCUT2D eigenvalue weighted by Gasteiger charge is -2.40. The number of nitrogens with two attached hydrogens (primary N) is 1. The molecule has 2 unspecified atom stereocenters. The van der Waals surface area contributed by atoms with Crippen LogP contribution in [0.5, 0.6) is 0 Å². The van der Waals surface area contributed by atoms with Gasteiger partial charge in [0.15, 0.2) is 0 Å². The molecule has 4 amide bonds. The maximum Gasteiger partial charge on any atom is 0.315 e. The van der Waals surface area contributed by atoms with Gasteiger partial charge in [0, 0.05) is 12.1 Å². The Bertz CT molecular complexity index is 1020. The van der Waals surface area contributed by atoms with E-state index in [-0.39, 0.29) is 40.8 Å². The van der Waals surface area contributed by atoms with E-state index >= 15 is 0 Å². The number of piperidine rings is 1. The van der Waals surface area contributed by atoms with Crippen molar-refractivity contribution in [2.45, 2.75) is 98.3 Å². The van der Waals surface area contributed by atoms with E-state index in [2.05, 4.69) is 29.8 Å². The summed E-state index contributed by atoms with van der Waals surface area (Å²) in [6.07, 6.45) is 2.41. The molecule has 9 heteroatoms. The lowest BCUT2D eigenvalue weighted by molar-refractivity contribution is -0.144. The summed E-state index contributed by atoms with van der Waals surface area (Å²) in [5.74, 6) is -0.324. The van der Waals surface area contributed by atoms with Crippen molar-refractivity contribution in [1.29, 1.82) is 0 Å². The van der Waals surface area contributed by atoms with Gasteiger partial charge >= 0.3 is 6.03 Å². The molecule has 36 heavy (non-hydrogen) atoms. The van der Waals surface area contributed by atoms with Crippen molar-refractivity contribution in [2.75, 3.05) is 6.54 Å². The smallest absolute Gasteiger partial charge is 0.315 e. The quantitative estimate of drug-likeness (QED) is 0.468. The molecular formula is C27H43N5O4. The fourth-order valence-corrected chi connectivity index (χ4v) is 6.36. The summed E-state index contributed by atoms with van der Waals surface area (Å²) in [7, 11) is 0. The Morgan fingerprint density at radius 3 is 2.28 bits per heavy atom. The van der Waals surface area contributed by atoms with Crippen molar-refractivity contribution in [3.8, 4) is 0 Å². The fourth-order valence-electron chi connectivity index (χ4n) is 6.36. The van der Waals surface area contributed by atoms with Gasteiger partial charge in [0.2, 0.25) is 17.6 Å². The molecule has 3 fully saturated rings. The number of carbonyl (C=O) groups is 4. The molecule has 6 atom stereocenters. The van der Waals surface area contributed by atoms with Crippen LogP contribution < -0.4 is 21.7 Å². The minimum atomic E-state index is -0.816. The van der Waals surface area contributed by atoms with Crippen LogP contribution in [-0.4, -0.2) is 58.7 Å². The maximum absolute atomic E-state index is 13.9. The highest BCUT2D eigenvalue weighted by molar-refractivity contribution is 6.03. The summed E-state index contributed by atoms with van der Waals surface area (Å²) < 4.78 is 0. The molecule has 0 aromatic carbocycles. The van der Waals surface area contributed by atoms with Gasteiger partial charge in [0.25, 0.3) is 0 Å². The molecule has 4 rings (SSSR count). The number of rotatable bonds is 4. The van der Waals surface area contributed by atoms with Gasteiger partial charge < -0.3 is 26.6 Å². The molecule has 1 aliphatic heterocycles. The number of nitrogens with zero attached hydrogens (tertiary/aromatic N) is 1. The van der Waals surface area contributed by atoms with Crippen LogP contribution in [0, 0.1) is 28.6 Å². The molecule has 0 aromatic heterocycles. The van der Waals surface area contributed by atoms with Gasteiger partial charge in [0.1, 0.15) is 12.1 Å². The number of hydrogen-bond acceptors (Lipinski definition) is 5. The molecule has 2 saturated carbocycles. The molecule has 9 nitrogen and oxygen atoms in total. The number of ketones is 1. The zero-order chi connectivity index (χ0) is 27.0. The van der Waals surface area contributed by atoms with E-state index in [0.717, 1.165) is 18.4 Å². The van der Waals surface area contributed by atoms with E-state index in [1.165, 1.54) is 0 Å². The SMILES string of the molecule is CC(C)(C)NC(=O)N[C@H](C(=O)N1C[C@H]2[C@@H](C1C(=O)N[C@H]1CC3CCC3=C(N)C1=O)C2(C)C)C(C)(C)C. The molecule has 0 spiro atoms. The largest absolute Gasteiger partial charge is 0.396 e. The number of fused-ring (bicyclic) bond motifs is 2. The molecular weight excluding hydrogens is 458 g/mol. The van der Waals surface area contributed by atoms with Crippen molar-refractivity contribution in [2.24, 2.45) is 34.3 Å². The van der Waals surface area contributed by atoms with Gasteiger partial charge in [-0.1, -0.05) is 34.6 Å². The van der Waals surface area contributed by atoms with Crippen LogP contribution >= 0.6 is 0 Å². The molecule has 1 saturated heterocycles. The number of hydrogen-bond donors (Lipinski definition) is 4. The van der Waals surface area contributed by atoms with Crippen LogP contribution in [0.25, 0.3) is 0 Å². The number of allylic oxidation sites excluding steroid dienone is 1. The van der Waals surface area contributed by atoms with Crippen LogP contribution in [0.2, 0.25) is 0 Å². The Morgan fingerprint density at radius 2 is 1.75 bits per heavy atom. The molecule has 0 bridgehead atoms. The third kappa shape index (κ3) is 4.61. The van der Waals surface area contributed by atoms with Crippen molar-refractivity contribution in [3.05, 3.63) is 11.3 Å². The van der Waals surface area contributed by atoms with Gasteiger partial charge in [-0.2, -0.15) is 0 Å². The highest BCUT2D eigenvalue weighted by Crippen LogP contribution is 2.65. The van der Waals surface area contributed by atoms with E-state index in [1.807, 2.05) is 41.5 Å². The molecule has 5 N–H and O–H groups in total. The zero-order valence-corrected chi connectivity index (χ0v) is 23.0. The molecule has 1 heterocycles. The minimum absolute atomic E-state index is 0.0105. The summed E-state index contributed by atoms with van der Waals surface area (Å²) in [6, 6.07) is -2.58. The predicted molar refractivity (Wildman–Crippen MR) is 136 cm³/mol. The number of likely N-dealkylation sites (tertiary alicyclic amines) is 1. The zero-order valence-electron chi connectivity index (χ0n) is 23.0. The van der Waals surface area contributed by atoms with Gasteiger partial charge in [-0.25, -0.2) is 4.79 Å². The van der Waals surface area contributed by atoms with E-state index in [9.17, 15) is 19.2 Å². The lowest BCUT2D eigenvalue weighted by atomic mass is 9.69. The maximum atomic E-state index is 13.9. The second kappa shape index (κ2) is 8.48. The molecule has 200 valence electrons. The Morgan fingerprint density at radius 1 is 1.11 bits per heavy atom. The summed E-state index contributed by atoms with van der Waals surface area (Å²) >= 11 is 0. The van der Waals surface area contributed by atoms with E-state index in [0.29, 0.717) is 18.7 Å². The molecule has 3 aliphatic carbocycles. The topological polar surface area (TPSA) is 134 Å². The summed E-state index contributed by atoms with van der Waals surface area (Å²) in [6.45, 7) is 16.0. The number of Topliss-reactive ketones (excluding diaryl/α,β-unsaturated/α-hetero) is 1. The first-order valence-corrected chi connectivity index (χ1v) is 13.2. The van der Waals surface area contributed by atoms with Crippen LogP contribution in [0.15, 0.2) is 11.3 Å². The molecule has 0 aromatic rings. The van der Waals surface area contributed by atoms with Crippen molar-refractivity contribution < 1.29 is 19.2 Å². The van der Waals surface area contributed by atoms with E-state index in [1.54, 1.807) is 4.90 Å². The number of nitrogens with one attached hydrogen (secondary N) is 3. The Balaban J connectivity index is 1.54. The van der Waals surface area contributed by atoms with Crippen LogP contribution in [0.3, 0.4) is 0 Å². The lowest BCUT2D eigenvalue weighted by Crippen LogP contribution is -2.62. The van der Waals surface area contributed by atoms with Crippen molar-refractivity contribution >= 4 is 23.6 Å². The van der Waals surface area contributed by atoms with Crippen LogP contribution in [0.1, 0.15) is 74.7 Å². The van der Waals surface area contributed by atoms with Crippen LogP contribution in [0.4, 0.5) is 4.79 Å². The number of carbonyl (C=O) groups excluding carboxylic acids is 4. The van der Waals surface area contributed by atoms with Gasteiger partial charge in [-0.15, -0.1) is 0 Å². The second-order valence-electron chi connectivity index (χ2n) is 13.9. The summed E-state index contributed by atoms with van der Waals surface area (Å²) in [5.41, 5.74) is 6.31. The monoisotopic (exact) mass is 501 g/mol. The first-order valence-electron chi connectivity index (χ1n) is 13.2. The fraction of sp³-hybridized carbons (Fsp3) is 0.778. The van der Waals surface area contributed by atoms with Gasteiger partial charge in [-0.05, 0) is 74.2 Å². The standard InChI is InChI=1S/C27H43N5O4/c1-25(2,3)21(30-24(36)31-26(4,5)6)23(35)32-12-15-17(27(15,7)8)19(32)22(34)29-16-11-13-9-10-14(13)18(28)20(16)33/h13,15-17,19,21H,9-12,28H2,1-8H3,(H,29,34)(H2,30,31,36)/t13?,15-,16-,17-,19?,21+/m0/s1. The summed E-state index contributed by atoms with van der Waals surface area (Å²) in [4.78, 5) is 54.8. The minimum Gasteiger partial charge on any atom is -0.396 e. The Hall–Kier alpha value is -2.58. The third-order valence-corrected chi connectivity index (χ3v) is 8.66. The molecule has 0 radical (unpaired) electrons. The Labute approximate surface area is 214 Å². The normalized spacial score (nSPS) is 31.6. The highest BCUT2D eigenvalue weighted by atomic mass is 16.2. The van der Waals surface area contributed by atoms with Gasteiger partial charge in [0.05, 0.1) is 11.7 Å². The van der Waals surface area contributed by atoms with E-state index in [4.69, 9.17) is 5.73 Å². The first-order chi connectivity index (χ1) is 16.4. The average Bonchev–Trinajstić information content (AvgIpc) is 3.05. The summed E-state index contributed by atoms with van der Waals surface area (Å²) in [5, 5.41) is 8.68. The van der Waals surface area contributed by atoms with Crippen LogP contribution in [-0.2, 0) is 14.4 Å². The van der Waals surface area contributed by atoms with Gasteiger partial charge in [-0.3, -0.25) is 14.4 Å². The van der Waals surface area contributed by atoms with E-state index < -0.39 is 35.1 Å².